The zero-order valence-electron chi connectivity index (χ0n) is 13.4. The molecule has 3 N–H and O–H groups in total. The minimum atomic E-state index is -1.30. The lowest BCUT2D eigenvalue weighted by Crippen LogP contribution is -2.16. The van der Waals surface area contributed by atoms with Gasteiger partial charge in [0.1, 0.15) is 11.3 Å². The van der Waals surface area contributed by atoms with Crippen molar-refractivity contribution < 1.29 is 24.6 Å². The van der Waals surface area contributed by atoms with Crippen molar-refractivity contribution >= 4 is 40.8 Å². The predicted octanol–water partition coefficient (Wildman–Crippen LogP) is 2.94. The molecule has 1 amide bonds. The van der Waals surface area contributed by atoms with E-state index in [1.54, 1.807) is 19.1 Å². The van der Waals surface area contributed by atoms with Gasteiger partial charge in [-0.05, 0) is 37.3 Å². The van der Waals surface area contributed by atoms with Gasteiger partial charge >= 0.3 is 11.9 Å². The van der Waals surface area contributed by atoms with E-state index in [1.165, 1.54) is 22.7 Å². The summed E-state index contributed by atoms with van der Waals surface area (Å²) in [5.74, 6) is -3.18. The third-order valence-corrected chi connectivity index (χ3v) is 3.88. The second kappa shape index (κ2) is 6.49. The minimum absolute atomic E-state index is 0.0451. The number of carbonyl (C=O) groups is 3. The molecule has 0 aliphatic rings. The number of hydrogen-bond acceptors (Lipinski definition) is 4. The second-order valence-electron chi connectivity index (χ2n) is 5.48. The van der Waals surface area contributed by atoms with Crippen LogP contribution in [-0.4, -0.2) is 37.4 Å². The van der Waals surface area contributed by atoms with E-state index in [0.717, 1.165) is 6.07 Å². The van der Waals surface area contributed by atoms with Crippen molar-refractivity contribution in [2.24, 2.45) is 0 Å². The van der Waals surface area contributed by atoms with Crippen LogP contribution in [0.2, 0.25) is 5.02 Å². The number of halogens is 1. The maximum absolute atomic E-state index is 12.7. The number of aryl methyl sites for hydroxylation is 1. The van der Waals surface area contributed by atoms with Crippen molar-refractivity contribution in [2.45, 2.75) is 6.92 Å². The van der Waals surface area contributed by atoms with Crippen molar-refractivity contribution in [2.75, 3.05) is 5.32 Å². The molecule has 0 saturated heterocycles. The fourth-order valence-electron chi connectivity index (χ4n) is 2.55. The SMILES string of the molecule is Cc1nc2ccc(Cl)cn2c1C(=O)Nc1cc(C(=O)O)cc(C(=O)O)c1. The normalized spacial score (nSPS) is 10.7. The lowest BCUT2D eigenvalue weighted by atomic mass is 10.1. The molecule has 26 heavy (non-hydrogen) atoms. The van der Waals surface area contributed by atoms with E-state index >= 15 is 0 Å². The number of fused-ring (bicyclic) bond motifs is 1. The van der Waals surface area contributed by atoms with Gasteiger partial charge in [0.05, 0.1) is 21.8 Å². The summed E-state index contributed by atoms with van der Waals surface area (Å²) in [7, 11) is 0. The van der Waals surface area contributed by atoms with Crippen LogP contribution in [0.1, 0.15) is 36.9 Å². The predicted molar refractivity (Wildman–Crippen MR) is 93.3 cm³/mol. The highest BCUT2D eigenvalue weighted by molar-refractivity contribution is 6.30. The number of amides is 1. The number of imidazole rings is 1. The number of anilines is 1. The fraction of sp³-hybridized carbons (Fsp3) is 0.0588. The lowest BCUT2D eigenvalue weighted by molar-refractivity contribution is 0.0696. The molecule has 2 aromatic heterocycles. The van der Waals surface area contributed by atoms with Crippen LogP contribution >= 0.6 is 11.6 Å². The van der Waals surface area contributed by atoms with E-state index in [0.29, 0.717) is 16.4 Å². The Labute approximate surface area is 151 Å². The largest absolute Gasteiger partial charge is 0.478 e. The smallest absolute Gasteiger partial charge is 0.335 e. The summed E-state index contributed by atoms with van der Waals surface area (Å²) in [5.41, 5.74) is 0.708. The van der Waals surface area contributed by atoms with Gasteiger partial charge in [0.2, 0.25) is 0 Å². The van der Waals surface area contributed by atoms with Crippen LogP contribution in [0.5, 0.6) is 0 Å². The Morgan fingerprint density at radius 3 is 2.27 bits per heavy atom. The molecule has 8 nitrogen and oxygen atoms in total. The van der Waals surface area contributed by atoms with E-state index in [9.17, 15) is 14.4 Å². The van der Waals surface area contributed by atoms with Crippen molar-refractivity contribution in [3.05, 3.63) is 64.1 Å². The summed E-state index contributed by atoms with van der Waals surface area (Å²) in [6.45, 7) is 1.65. The van der Waals surface area contributed by atoms with Gasteiger partial charge in [-0.3, -0.25) is 9.20 Å². The Hall–Kier alpha value is -3.39. The van der Waals surface area contributed by atoms with Gasteiger partial charge in [-0.15, -0.1) is 0 Å². The van der Waals surface area contributed by atoms with Crippen molar-refractivity contribution in [1.29, 1.82) is 0 Å². The number of benzene rings is 1. The molecule has 0 bridgehead atoms. The molecule has 3 rings (SSSR count). The minimum Gasteiger partial charge on any atom is -0.478 e. The molecule has 9 heteroatoms. The summed E-state index contributed by atoms with van der Waals surface area (Å²) in [5, 5.41) is 21.2. The number of carboxylic acid groups (broad SMARTS) is 2. The number of aromatic nitrogens is 2. The molecule has 1 aromatic carbocycles. The zero-order valence-corrected chi connectivity index (χ0v) is 14.1. The summed E-state index contributed by atoms with van der Waals surface area (Å²) in [6.07, 6.45) is 1.53. The molecule has 3 aromatic rings. The van der Waals surface area contributed by atoms with Gasteiger partial charge < -0.3 is 15.5 Å². The van der Waals surface area contributed by atoms with Crippen LogP contribution in [-0.2, 0) is 0 Å². The van der Waals surface area contributed by atoms with Crippen LogP contribution in [0.25, 0.3) is 5.65 Å². The van der Waals surface area contributed by atoms with Gasteiger partial charge in [-0.1, -0.05) is 11.6 Å². The van der Waals surface area contributed by atoms with Crippen LogP contribution in [0.4, 0.5) is 5.69 Å². The second-order valence-corrected chi connectivity index (χ2v) is 5.92. The number of pyridine rings is 1. The van der Waals surface area contributed by atoms with Gasteiger partial charge in [0.15, 0.2) is 0 Å². The Kier molecular flexibility index (Phi) is 4.35. The molecule has 0 fully saturated rings. The van der Waals surface area contributed by atoms with Gasteiger partial charge in [0, 0.05) is 11.9 Å². The van der Waals surface area contributed by atoms with Crippen molar-refractivity contribution in [3.8, 4) is 0 Å². The Balaban J connectivity index is 2.03. The highest BCUT2D eigenvalue weighted by Gasteiger charge is 2.19. The number of aromatic carboxylic acids is 2. The molecule has 0 aliphatic heterocycles. The first-order valence-electron chi connectivity index (χ1n) is 7.33. The summed E-state index contributed by atoms with van der Waals surface area (Å²) < 4.78 is 1.51. The highest BCUT2D eigenvalue weighted by Crippen LogP contribution is 2.20. The van der Waals surface area contributed by atoms with Crippen molar-refractivity contribution in [3.63, 3.8) is 0 Å². The number of nitrogens with one attached hydrogen (secondary N) is 1. The van der Waals surface area contributed by atoms with Crippen LogP contribution in [0, 0.1) is 6.92 Å². The van der Waals surface area contributed by atoms with E-state index in [-0.39, 0.29) is 22.5 Å². The average Bonchev–Trinajstić information content (AvgIpc) is 2.89. The topological polar surface area (TPSA) is 121 Å². The van der Waals surface area contributed by atoms with Gasteiger partial charge in [-0.2, -0.15) is 0 Å². The fourth-order valence-corrected chi connectivity index (χ4v) is 2.71. The molecule has 0 atom stereocenters. The average molecular weight is 374 g/mol. The number of nitrogens with zero attached hydrogens (tertiary/aromatic N) is 2. The first-order chi connectivity index (χ1) is 12.3. The maximum Gasteiger partial charge on any atom is 0.335 e. The molecule has 0 unspecified atom stereocenters. The Morgan fingerprint density at radius 1 is 1.08 bits per heavy atom. The summed E-state index contributed by atoms with van der Waals surface area (Å²) >= 11 is 5.97. The molecule has 0 radical (unpaired) electrons. The highest BCUT2D eigenvalue weighted by atomic mass is 35.5. The number of rotatable bonds is 4. The number of carboxylic acids is 2. The Morgan fingerprint density at radius 2 is 1.69 bits per heavy atom. The maximum atomic E-state index is 12.7. The monoisotopic (exact) mass is 373 g/mol. The summed E-state index contributed by atoms with van der Waals surface area (Å²) in [6, 6.07) is 6.66. The first kappa shape index (κ1) is 17.4. The quantitative estimate of drug-likeness (QED) is 0.646. The van der Waals surface area contributed by atoms with Crippen molar-refractivity contribution in [1.82, 2.24) is 9.38 Å². The molecule has 0 aliphatic carbocycles. The van der Waals surface area contributed by atoms with E-state index in [1.807, 2.05) is 0 Å². The van der Waals surface area contributed by atoms with Gasteiger partial charge in [0.25, 0.3) is 5.91 Å². The molecular weight excluding hydrogens is 362 g/mol. The van der Waals surface area contributed by atoms with E-state index in [2.05, 4.69) is 10.3 Å². The van der Waals surface area contributed by atoms with E-state index < -0.39 is 17.8 Å². The Bertz CT molecular complexity index is 1040. The third kappa shape index (κ3) is 3.22. The lowest BCUT2D eigenvalue weighted by Gasteiger charge is -2.08. The molecule has 0 saturated carbocycles. The zero-order chi connectivity index (χ0) is 19.0. The number of carbonyl (C=O) groups excluding carboxylic acids is 1. The standard InChI is InChI=1S/C17H12ClN3O5/c1-8-14(21-7-11(18)2-3-13(21)19-8)15(22)20-12-5-9(16(23)24)4-10(6-12)17(25)26/h2-7H,1H3,(H,20,22)(H,23,24)(H,25,26). The van der Waals surface area contributed by atoms with Crippen LogP contribution in [0.3, 0.4) is 0 Å². The summed E-state index contributed by atoms with van der Waals surface area (Å²) in [4.78, 5) is 39.3. The number of hydrogen-bond donors (Lipinski definition) is 3. The van der Waals surface area contributed by atoms with E-state index in [4.69, 9.17) is 21.8 Å². The van der Waals surface area contributed by atoms with Crippen LogP contribution < -0.4 is 5.32 Å². The molecular formula is C17H12ClN3O5. The molecule has 132 valence electrons. The molecule has 2 heterocycles. The van der Waals surface area contributed by atoms with Crippen LogP contribution in [0.15, 0.2) is 36.5 Å². The van der Waals surface area contributed by atoms with Gasteiger partial charge in [-0.25, -0.2) is 14.6 Å². The first-order valence-corrected chi connectivity index (χ1v) is 7.71. The molecule has 0 spiro atoms. The third-order valence-electron chi connectivity index (χ3n) is 3.66.